The standard InChI is InChI=1S/C11H21NO2/c13-11-3-1-9(2-4-11)7-12-10-5-6-14-8-10/h9-13H,1-8H2. The highest BCUT2D eigenvalue weighted by Crippen LogP contribution is 2.23. The van der Waals surface area contributed by atoms with Crippen LogP contribution in [-0.4, -0.2) is 37.0 Å². The van der Waals surface area contributed by atoms with Crippen LogP contribution in [0.4, 0.5) is 0 Å². The fraction of sp³-hybridized carbons (Fsp3) is 1.00. The van der Waals surface area contributed by atoms with Crippen molar-refractivity contribution in [2.45, 2.75) is 44.2 Å². The van der Waals surface area contributed by atoms with Crippen molar-refractivity contribution in [3.8, 4) is 0 Å². The zero-order valence-corrected chi connectivity index (χ0v) is 8.74. The van der Waals surface area contributed by atoms with Crippen LogP contribution in [0.3, 0.4) is 0 Å². The summed E-state index contributed by atoms with van der Waals surface area (Å²) >= 11 is 0. The van der Waals surface area contributed by atoms with Crippen LogP contribution >= 0.6 is 0 Å². The number of nitrogens with one attached hydrogen (secondary N) is 1. The van der Waals surface area contributed by atoms with Crippen LogP contribution in [0.5, 0.6) is 0 Å². The Labute approximate surface area is 85.8 Å². The Bertz CT molecular complexity index is 161. The third-order valence-corrected chi connectivity index (χ3v) is 3.44. The van der Waals surface area contributed by atoms with Gasteiger partial charge in [0.05, 0.1) is 12.7 Å². The number of hydrogen-bond donors (Lipinski definition) is 2. The first-order valence-electron chi connectivity index (χ1n) is 5.84. The molecule has 3 nitrogen and oxygen atoms in total. The Hall–Kier alpha value is -0.120. The number of aliphatic hydroxyl groups excluding tert-OH is 1. The highest BCUT2D eigenvalue weighted by molar-refractivity contribution is 4.77. The molecule has 1 saturated carbocycles. The molecule has 3 heteroatoms. The van der Waals surface area contributed by atoms with E-state index >= 15 is 0 Å². The third-order valence-electron chi connectivity index (χ3n) is 3.44. The van der Waals surface area contributed by atoms with Gasteiger partial charge in [0.2, 0.25) is 0 Å². The van der Waals surface area contributed by atoms with E-state index in [9.17, 15) is 5.11 Å². The van der Waals surface area contributed by atoms with Crippen molar-refractivity contribution in [1.29, 1.82) is 0 Å². The van der Waals surface area contributed by atoms with E-state index in [0.717, 1.165) is 44.9 Å². The molecule has 1 saturated heterocycles. The van der Waals surface area contributed by atoms with Gasteiger partial charge in [-0.05, 0) is 44.6 Å². The molecule has 2 aliphatic rings. The van der Waals surface area contributed by atoms with Gasteiger partial charge in [0, 0.05) is 12.6 Å². The molecule has 0 aromatic heterocycles. The molecule has 1 aliphatic carbocycles. The first kappa shape index (κ1) is 10.4. The Kier molecular flexibility index (Phi) is 3.79. The van der Waals surface area contributed by atoms with Gasteiger partial charge in [-0.25, -0.2) is 0 Å². The topological polar surface area (TPSA) is 41.5 Å². The van der Waals surface area contributed by atoms with Crippen LogP contribution in [0.15, 0.2) is 0 Å². The van der Waals surface area contributed by atoms with Gasteiger partial charge < -0.3 is 15.2 Å². The summed E-state index contributed by atoms with van der Waals surface area (Å²) in [6, 6.07) is 0.585. The van der Waals surface area contributed by atoms with Crippen LogP contribution in [-0.2, 0) is 4.74 Å². The second kappa shape index (κ2) is 5.10. The number of hydrogen-bond acceptors (Lipinski definition) is 3. The predicted octanol–water partition coefficient (Wildman–Crippen LogP) is 0.916. The molecule has 2 N–H and O–H groups in total. The predicted molar refractivity (Wildman–Crippen MR) is 55.2 cm³/mol. The van der Waals surface area contributed by atoms with E-state index in [2.05, 4.69) is 5.32 Å². The molecule has 0 bridgehead atoms. The monoisotopic (exact) mass is 199 g/mol. The largest absolute Gasteiger partial charge is 0.393 e. The lowest BCUT2D eigenvalue weighted by Crippen LogP contribution is -2.35. The van der Waals surface area contributed by atoms with Crippen molar-refractivity contribution in [1.82, 2.24) is 5.32 Å². The summed E-state index contributed by atoms with van der Waals surface area (Å²) in [7, 11) is 0. The first-order chi connectivity index (χ1) is 6.84. The summed E-state index contributed by atoms with van der Waals surface area (Å²) in [6.07, 6.45) is 5.49. The SMILES string of the molecule is OC1CCC(CNC2CCOC2)CC1. The van der Waals surface area contributed by atoms with E-state index in [1.54, 1.807) is 0 Å². The van der Waals surface area contributed by atoms with Gasteiger partial charge in [-0.1, -0.05) is 0 Å². The quantitative estimate of drug-likeness (QED) is 0.710. The highest BCUT2D eigenvalue weighted by Gasteiger charge is 2.21. The molecule has 0 aromatic rings. The van der Waals surface area contributed by atoms with E-state index in [0.29, 0.717) is 6.04 Å². The van der Waals surface area contributed by atoms with E-state index in [-0.39, 0.29) is 6.10 Å². The normalized spacial score (nSPS) is 38.8. The second-order valence-electron chi connectivity index (χ2n) is 4.64. The van der Waals surface area contributed by atoms with Crippen LogP contribution in [0.2, 0.25) is 0 Å². The number of rotatable bonds is 3. The summed E-state index contributed by atoms with van der Waals surface area (Å²) in [4.78, 5) is 0. The maximum absolute atomic E-state index is 9.37. The molecule has 1 heterocycles. The molecule has 1 unspecified atom stereocenters. The number of ether oxygens (including phenoxy) is 1. The fourth-order valence-electron chi connectivity index (χ4n) is 2.38. The van der Waals surface area contributed by atoms with E-state index in [1.165, 1.54) is 12.8 Å². The van der Waals surface area contributed by atoms with Crippen molar-refractivity contribution in [2.24, 2.45) is 5.92 Å². The molecule has 2 fully saturated rings. The van der Waals surface area contributed by atoms with Gasteiger partial charge in [0.25, 0.3) is 0 Å². The van der Waals surface area contributed by atoms with E-state index < -0.39 is 0 Å². The van der Waals surface area contributed by atoms with Gasteiger partial charge in [0.15, 0.2) is 0 Å². The Morgan fingerprint density at radius 2 is 1.93 bits per heavy atom. The third kappa shape index (κ3) is 2.94. The first-order valence-corrected chi connectivity index (χ1v) is 5.84. The fourth-order valence-corrected chi connectivity index (χ4v) is 2.38. The molecule has 0 radical (unpaired) electrons. The van der Waals surface area contributed by atoms with E-state index in [4.69, 9.17) is 4.74 Å². The van der Waals surface area contributed by atoms with Crippen LogP contribution in [0.25, 0.3) is 0 Å². The zero-order valence-electron chi connectivity index (χ0n) is 8.74. The minimum Gasteiger partial charge on any atom is -0.393 e. The van der Waals surface area contributed by atoms with Gasteiger partial charge in [-0.2, -0.15) is 0 Å². The number of aliphatic hydroxyl groups is 1. The van der Waals surface area contributed by atoms with Crippen molar-refractivity contribution in [3.05, 3.63) is 0 Å². The Balaban J connectivity index is 1.60. The molecular formula is C11H21NO2. The van der Waals surface area contributed by atoms with Crippen molar-refractivity contribution in [3.63, 3.8) is 0 Å². The lowest BCUT2D eigenvalue weighted by Gasteiger charge is -2.26. The average molecular weight is 199 g/mol. The van der Waals surface area contributed by atoms with Crippen molar-refractivity contribution in [2.75, 3.05) is 19.8 Å². The van der Waals surface area contributed by atoms with Gasteiger partial charge in [-0.3, -0.25) is 0 Å². The molecule has 1 aliphatic heterocycles. The molecule has 0 amide bonds. The maximum Gasteiger partial charge on any atom is 0.0620 e. The molecule has 82 valence electrons. The lowest BCUT2D eigenvalue weighted by molar-refractivity contribution is 0.107. The average Bonchev–Trinajstić information content (AvgIpc) is 2.70. The Morgan fingerprint density at radius 3 is 2.57 bits per heavy atom. The van der Waals surface area contributed by atoms with Crippen LogP contribution < -0.4 is 5.32 Å². The Morgan fingerprint density at radius 1 is 1.14 bits per heavy atom. The summed E-state index contributed by atoms with van der Waals surface area (Å²) in [5.74, 6) is 0.777. The zero-order chi connectivity index (χ0) is 9.80. The summed E-state index contributed by atoms with van der Waals surface area (Å²) < 4.78 is 5.31. The molecule has 0 aromatic carbocycles. The molecule has 0 spiro atoms. The van der Waals surface area contributed by atoms with Gasteiger partial charge in [0.1, 0.15) is 0 Å². The van der Waals surface area contributed by atoms with Crippen LogP contribution in [0, 0.1) is 5.92 Å². The molecular weight excluding hydrogens is 178 g/mol. The summed E-state index contributed by atoms with van der Waals surface area (Å²) in [5.41, 5.74) is 0. The molecule has 14 heavy (non-hydrogen) atoms. The second-order valence-corrected chi connectivity index (χ2v) is 4.64. The van der Waals surface area contributed by atoms with Crippen molar-refractivity contribution < 1.29 is 9.84 Å². The highest BCUT2D eigenvalue weighted by atomic mass is 16.5. The lowest BCUT2D eigenvalue weighted by atomic mass is 9.87. The summed E-state index contributed by atoms with van der Waals surface area (Å²) in [5, 5.41) is 12.9. The minimum atomic E-state index is -0.0268. The van der Waals surface area contributed by atoms with Crippen LogP contribution in [0.1, 0.15) is 32.1 Å². The van der Waals surface area contributed by atoms with Gasteiger partial charge in [-0.15, -0.1) is 0 Å². The van der Waals surface area contributed by atoms with E-state index in [1.807, 2.05) is 0 Å². The molecule has 2 rings (SSSR count). The van der Waals surface area contributed by atoms with Crippen molar-refractivity contribution >= 4 is 0 Å². The molecule has 1 atom stereocenters. The maximum atomic E-state index is 9.37. The minimum absolute atomic E-state index is 0.0268. The smallest absolute Gasteiger partial charge is 0.0620 e. The summed E-state index contributed by atoms with van der Waals surface area (Å²) in [6.45, 7) is 2.91. The van der Waals surface area contributed by atoms with Gasteiger partial charge >= 0.3 is 0 Å².